The Labute approximate surface area is 116 Å². The fourth-order valence-electron chi connectivity index (χ4n) is 2.09. The smallest absolute Gasteiger partial charge is 0.450 e. The second-order valence-electron chi connectivity index (χ2n) is 5.52. The summed E-state index contributed by atoms with van der Waals surface area (Å²) in [4.78, 5) is 24.2. The largest absolute Gasteiger partial charge is 0.507 e. The lowest BCUT2D eigenvalue weighted by Crippen LogP contribution is -2.43. The summed E-state index contributed by atoms with van der Waals surface area (Å²) in [5, 5.41) is 8.78. The zero-order valence-corrected chi connectivity index (χ0v) is 11.6. The number of benzene rings is 1. The molecule has 1 aliphatic heterocycles. The number of hydrogen-bond donors (Lipinski definition) is 1. The van der Waals surface area contributed by atoms with Crippen molar-refractivity contribution < 1.29 is 24.2 Å². The topological polar surface area (TPSA) is 76.1 Å². The average Bonchev–Trinajstić information content (AvgIpc) is 2.63. The minimum absolute atomic E-state index is 0.321. The van der Waals surface area contributed by atoms with Crippen molar-refractivity contribution in [3.05, 3.63) is 29.8 Å². The van der Waals surface area contributed by atoms with E-state index in [2.05, 4.69) is 0 Å². The predicted molar refractivity (Wildman–Crippen MR) is 71.8 cm³/mol. The monoisotopic (exact) mass is 279 g/mol. The first kappa shape index (κ1) is 14.2. The SMILES string of the molecule is CC(C)(C)OC(=O)N1c2ccccc2C[C@H]1OC(=O)O. The van der Waals surface area contributed by atoms with E-state index in [4.69, 9.17) is 14.6 Å². The van der Waals surface area contributed by atoms with Gasteiger partial charge in [-0.15, -0.1) is 0 Å². The summed E-state index contributed by atoms with van der Waals surface area (Å²) >= 11 is 0. The first-order valence-electron chi connectivity index (χ1n) is 6.27. The summed E-state index contributed by atoms with van der Waals surface area (Å²) in [6.07, 6.45) is -2.60. The Balaban J connectivity index is 2.29. The molecule has 1 aromatic carbocycles. The van der Waals surface area contributed by atoms with Crippen molar-refractivity contribution in [1.82, 2.24) is 0 Å². The summed E-state index contributed by atoms with van der Waals surface area (Å²) in [6, 6.07) is 7.18. The van der Waals surface area contributed by atoms with E-state index < -0.39 is 24.1 Å². The normalized spacial score (nSPS) is 17.6. The van der Waals surface area contributed by atoms with Gasteiger partial charge in [-0.2, -0.15) is 0 Å². The quantitative estimate of drug-likeness (QED) is 0.800. The van der Waals surface area contributed by atoms with Gasteiger partial charge in [-0.1, -0.05) is 18.2 Å². The molecule has 1 heterocycles. The molecular formula is C14H17NO5. The number of rotatable bonds is 1. The summed E-state index contributed by atoms with van der Waals surface area (Å²) < 4.78 is 10.1. The number of ether oxygens (including phenoxy) is 2. The van der Waals surface area contributed by atoms with Crippen molar-refractivity contribution in [3.8, 4) is 0 Å². The van der Waals surface area contributed by atoms with E-state index in [1.165, 1.54) is 4.90 Å². The van der Waals surface area contributed by atoms with E-state index in [0.29, 0.717) is 12.1 Å². The van der Waals surface area contributed by atoms with Crippen LogP contribution in [0.4, 0.5) is 15.3 Å². The van der Waals surface area contributed by atoms with Gasteiger partial charge in [0.2, 0.25) is 0 Å². The van der Waals surface area contributed by atoms with Gasteiger partial charge in [-0.3, -0.25) is 0 Å². The van der Waals surface area contributed by atoms with E-state index >= 15 is 0 Å². The van der Waals surface area contributed by atoms with Gasteiger partial charge in [0.15, 0.2) is 6.23 Å². The van der Waals surface area contributed by atoms with E-state index in [-0.39, 0.29) is 0 Å². The third-order valence-corrected chi connectivity index (χ3v) is 2.76. The number of hydrogen-bond acceptors (Lipinski definition) is 4. The Bertz CT molecular complexity index is 535. The Hall–Kier alpha value is -2.24. The van der Waals surface area contributed by atoms with Gasteiger partial charge in [0.25, 0.3) is 0 Å². The van der Waals surface area contributed by atoms with Crippen molar-refractivity contribution in [1.29, 1.82) is 0 Å². The number of carbonyl (C=O) groups excluding carboxylic acids is 1. The van der Waals surface area contributed by atoms with Crippen LogP contribution in [-0.4, -0.2) is 29.2 Å². The number of carbonyl (C=O) groups is 2. The van der Waals surface area contributed by atoms with Crippen LogP contribution in [0.25, 0.3) is 0 Å². The van der Waals surface area contributed by atoms with Gasteiger partial charge < -0.3 is 14.6 Å². The number of fused-ring (bicyclic) bond motifs is 1. The Morgan fingerprint density at radius 2 is 1.95 bits per heavy atom. The molecule has 1 N–H and O–H groups in total. The Morgan fingerprint density at radius 3 is 2.55 bits per heavy atom. The van der Waals surface area contributed by atoms with Crippen LogP contribution < -0.4 is 4.90 Å². The molecule has 0 saturated carbocycles. The molecule has 0 spiro atoms. The number of amides is 1. The molecule has 1 aliphatic rings. The molecule has 6 nitrogen and oxygen atoms in total. The van der Waals surface area contributed by atoms with Gasteiger partial charge in [0.1, 0.15) is 5.60 Å². The molecule has 108 valence electrons. The standard InChI is InChI=1S/C14H17NO5/c1-14(2,3)20-12(16)15-10-7-5-4-6-9(10)8-11(15)19-13(17)18/h4-7,11H,8H2,1-3H3,(H,17,18)/t11-/m1/s1. The van der Waals surface area contributed by atoms with Crippen LogP contribution >= 0.6 is 0 Å². The average molecular weight is 279 g/mol. The lowest BCUT2D eigenvalue weighted by Gasteiger charge is -2.28. The van der Waals surface area contributed by atoms with Crippen molar-refractivity contribution >= 4 is 17.9 Å². The van der Waals surface area contributed by atoms with Crippen LogP contribution in [0, 0.1) is 0 Å². The van der Waals surface area contributed by atoms with Gasteiger partial charge in [0.05, 0.1) is 5.69 Å². The Morgan fingerprint density at radius 1 is 1.30 bits per heavy atom. The van der Waals surface area contributed by atoms with Crippen molar-refractivity contribution in [2.24, 2.45) is 0 Å². The highest BCUT2D eigenvalue weighted by Gasteiger charge is 2.38. The Kier molecular flexibility index (Phi) is 3.57. The highest BCUT2D eigenvalue weighted by molar-refractivity contribution is 5.91. The first-order chi connectivity index (χ1) is 9.28. The molecule has 0 saturated heterocycles. The van der Waals surface area contributed by atoms with Crippen LogP contribution in [0.5, 0.6) is 0 Å². The summed E-state index contributed by atoms with van der Waals surface area (Å²) in [5.74, 6) is 0. The third-order valence-electron chi connectivity index (χ3n) is 2.76. The fraction of sp³-hybridized carbons (Fsp3) is 0.429. The van der Waals surface area contributed by atoms with E-state index in [1.807, 2.05) is 12.1 Å². The summed E-state index contributed by atoms with van der Waals surface area (Å²) in [6.45, 7) is 5.25. The lowest BCUT2D eigenvalue weighted by molar-refractivity contribution is 0.0328. The predicted octanol–water partition coefficient (Wildman–Crippen LogP) is 3.00. The highest BCUT2D eigenvalue weighted by Crippen LogP contribution is 2.33. The molecule has 1 amide bonds. The molecule has 0 radical (unpaired) electrons. The van der Waals surface area contributed by atoms with E-state index in [9.17, 15) is 9.59 Å². The second-order valence-corrected chi connectivity index (χ2v) is 5.52. The van der Waals surface area contributed by atoms with E-state index in [0.717, 1.165) is 5.56 Å². The number of para-hydroxylation sites is 1. The van der Waals surface area contributed by atoms with Crippen LogP contribution in [0.1, 0.15) is 26.3 Å². The van der Waals surface area contributed by atoms with Crippen LogP contribution in [0.3, 0.4) is 0 Å². The maximum absolute atomic E-state index is 12.2. The zero-order chi connectivity index (χ0) is 14.9. The molecule has 0 aliphatic carbocycles. The molecule has 1 atom stereocenters. The summed E-state index contributed by atoms with van der Waals surface area (Å²) in [7, 11) is 0. The van der Waals surface area contributed by atoms with Gasteiger partial charge in [-0.25, -0.2) is 14.5 Å². The van der Waals surface area contributed by atoms with Gasteiger partial charge in [-0.05, 0) is 32.4 Å². The maximum atomic E-state index is 12.2. The lowest BCUT2D eigenvalue weighted by atomic mass is 10.2. The molecule has 0 unspecified atom stereocenters. The van der Waals surface area contributed by atoms with Crippen molar-refractivity contribution in [2.45, 2.75) is 39.0 Å². The molecule has 1 aromatic rings. The van der Waals surface area contributed by atoms with Crippen molar-refractivity contribution in [3.63, 3.8) is 0 Å². The molecule has 0 bridgehead atoms. The van der Waals surface area contributed by atoms with E-state index in [1.54, 1.807) is 32.9 Å². The minimum atomic E-state index is -1.42. The third kappa shape index (κ3) is 3.01. The maximum Gasteiger partial charge on any atom is 0.507 e. The first-order valence-corrected chi connectivity index (χ1v) is 6.27. The zero-order valence-electron chi connectivity index (χ0n) is 11.6. The van der Waals surface area contributed by atoms with Crippen LogP contribution in [-0.2, 0) is 15.9 Å². The van der Waals surface area contributed by atoms with Crippen LogP contribution in [0.2, 0.25) is 0 Å². The summed E-state index contributed by atoms with van der Waals surface area (Å²) in [5.41, 5.74) is 0.806. The number of nitrogens with zero attached hydrogens (tertiary/aromatic N) is 1. The van der Waals surface area contributed by atoms with Crippen molar-refractivity contribution in [2.75, 3.05) is 4.90 Å². The van der Waals surface area contributed by atoms with Gasteiger partial charge >= 0.3 is 12.2 Å². The number of anilines is 1. The highest BCUT2D eigenvalue weighted by atomic mass is 16.7. The second kappa shape index (κ2) is 5.03. The molecule has 20 heavy (non-hydrogen) atoms. The molecule has 6 heteroatoms. The molecule has 2 rings (SSSR count). The minimum Gasteiger partial charge on any atom is -0.450 e. The number of carboxylic acid groups (broad SMARTS) is 1. The van der Waals surface area contributed by atoms with Crippen LogP contribution in [0.15, 0.2) is 24.3 Å². The fourth-order valence-corrected chi connectivity index (χ4v) is 2.09. The molecule has 0 fully saturated rings. The van der Waals surface area contributed by atoms with Gasteiger partial charge in [0, 0.05) is 6.42 Å². The molecular weight excluding hydrogens is 262 g/mol. The molecule has 0 aromatic heterocycles.